The summed E-state index contributed by atoms with van der Waals surface area (Å²) in [4.78, 5) is 12.0. The van der Waals surface area contributed by atoms with Crippen LogP contribution < -0.4 is 10.5 Å². The summed E-state index contributed by atoms with van der Waals surface area (Å²) in [6.45, 7) is 5.64. The molecule has 0 saturated heterocycles. The van der Waals surface area contributed by atoms with Gasteiger partial charge in [0.1, 0.15) is 5.75 Å². The Morgan fingerprint density at radius 2 is 1.83 bits per heavy atom. The zero-order chi connectivity index (χ0) is 25.5. The molecule has 1 aliphatic heterocycles. The molecule has 1 heterocycles. The lowest BCUT2D eigenvalue weighted by Gasteiger charge is -2.43. The number of hydrogen-bond donors (Lipinski definition) is 1. The summed E-state index contributed by atoms with van der Waals surface area (Å²) in [6, 6.07) is 16.3. The zero-order valence-electron chi connectivity index (χ0n) is 19.4. The summed E-state index contributed by atoms with van der Waals surface area (Å²) in [5, 5.41) is 9.75. The minimum Gasteiger partial charge on any atom is -0.478 e. The molecule has 0 unspecified atom stereocenters. The van der Waals surface area contributed by atoms with Crippen LogP contribution in [0.25, 0.3) is 11.1 Å². The van der Waals surface area contributed by atoms with Crippen LogP contribution in [0.5, 0.6) is 5.75 Å². The number of nitrogens with two attached hydrogens (primary N) is 1. The van der Waals surface area contributed by atoms with Crippen LogP contribution in [0.3, 0.4) is 0 Å². The molecule has 0 radical (unpaired) electrons. The maximum Gasteiger partial charge on any atom is 0.404 e. The smallest absolute Gasteiger partial charge is 0.404 e. The molecule has 8 heteroatoms. The number of halogens is 3. The van der Waals surface area contributed by atoms with Gasteiger partial charge in [0, 0.05) is 33.5 Å². The third kappa shape index (κ3) is 4.19. The largest absolute Gasteiger partial charge is 0.478 e. The number of carbonyl (C=O) groups is 1. The number of nitriles is 1. The van der Waals surface area contributed by atoms with Crippen LogP contribution in [0.2, 0.25) is 5.02 Å². The number of carbonyl (C=O) groups excluding carboxylic acids is 1. The quantitative estimate of drug-likeness (QED) is 0.447. The van der Waals surface area contributed by atoms with Crippen LogP contribution in [0.4, 0.5) is 13.6 Å². The van der Waals surface area contributed by atoms with Crippen molar-refractivity contribution >= 4 is 17.7 Å². The van der Waals surface area contributed by atoms with Crippen molar-refractivity contribution in [3.8, 4) is 22.9 Å². The van der Waals surface area contributed by atoms with Crippen molar-refractivity contribution in [2.45, 2.75) is 38.9 Å². The van der Waals surface area contributed by atoms with Gasteiger partial charge in [-0.1, -0.05) is 62.7 Å². The molecule has 3 aromatic rings. The highest BCUT2D eigenvalue weighted by molar-refractivity contribution is 6.33. The minimum absolute atomic E-state index is 0.0721. The fourth-order valence-corrected chi connectivity index (χ4v) is 5.06. The average molecular weight is 497 g/mol. The van der Waals surface area contributed by atoms with Gasteiger partial charge >= 0.3 is 6.09 Å². The molecule has 4 rings (SSSR count). The SMILES string of the molecule is CC(C)(C)[C@H](OC(N)=O)[C@@]1(c2ccccc2)Cc2c(ccc(Cl)c2-c2c(C#N)ccc(F)c2F)O1. The first kappa shape index (κ1) is 24.5. The molecule has 2 N–H and O–H groups in total. The molecule has 2 atom stereocenters. The predicted molar refractivity (Wildman–Crippen MR) is 128 cm³/mol. The molecule has 0 saturated carbocycles. The molecule has 0 fully saturated rings. The summed E-state index contributed by atoms with van der Waals surface area (Å²) in [6.07, 6.45) is -1.75. The number of primary amides is 1. The lowest BCUT2D eigenvalue weighted by molar-refractivity contribution is -0.100. The number of rotatable bonds is 4. The zero-order valence-corrected chi connectivity index (χ0v) is 20.1. The Kier molecular flexibility index (Phi) is 6.20. The van der Waals surface area contributed by atoms with Crippen LogP contribution in [-0.4, -0.2) is 12.2 Å². The lowest BCUT2D eigenvalue weighted by atomic mass is 9.72. The van der Waals surface area contributed by atoms with E-state index in [0.717, 1.165) is 6.07 Å². The first-order valence-corrected chi connectivity index (χ1v) is 11.3. The molecule has 0 bridgehead atoms. The van der Waals surface area contributed by atoms with Gasteiger partial charge in [0.15, 0.2) is 23.3 Å². The number of nitrogens with zero attached hydrogens (tertiary/aromatic N) is 1. The number of hydrogen-bond acceptors (Lipinski definition) is 4. The molecule has 0 spiro atoms. The van der Waals surface area contributed by atoms with Gasteiger partial charge in [-0.25, -0.2) is 13.6 Å². The monoisotopic (exact) mass is 496 g/mol. The Balaban J connectivity index is 2.01. The summed E-state index contributed by atoms with van der Waals surface area (Å²) < 4.78 is 41.6. The van der Waals surface area contributed by atoms with E-state index in [2.05, 4.69) is 0 Å². The van der Waals surface area contributed by atoms with E-state index in [4.69, 9.17) is 26.8 Å². The molecule has 180 valence electrons. The van der Waals surface area contributed by atoms with Crippen molar-refractivity contribution in [3.63, 3.8) is 0 Å². The number of benzene rings is 3. The van der Waals surface area contributed by atoms with Gasteiger partial charge in [0.25, 0.3) is 0 Å². The molecule has 1 aliphatic rings. The van der Waals surface area contributed by atoms with E-state index in [-0.39, 0.29) is 28.1 Å². The molecule has 3 aromatic carbocycles. The first-order valence-electron chi connectivity index (χ1n) is 10.9. The number of fused-ring (bicyclic) bond motifs is 1. The van der Waals surface area contributed by atoms with E-state index in [0.29, 0.717) is 16.9 Å². The third-order valence-electron chi connectivity index (χ3n) is 6.12. The van der Waals surface area contributed by atoms with Gasteiger partial charge in [0.2, 0.25) is 0 Å². The van der Waals surface area contributed by atoms with E-state index in [9.17, 15) is 14.4 Å². The average Bonchev–Trinajstić information content (AvgIpc) is 3.20. The van der Waals surface area contributed by atoms with Crippen molar-refractivity contribution in [1.82, 2.24) is 0 Å². The maximum atomic E-state index is 15.1. The number of ether oxygens (including phenoxy) is 2. The van der Waals surface area contributed by atoms with Crippen LogP contribution >= 0.6 is 11.6 Å². The van der Waals surface area contributed by atoms with Gasteiger partial charge in [-0.3, -0.25) is 0 Å². The number of amides is 1. The Hall–Kier alpha value is -3.63. The summed E-state index contributed by atoms with van der Waals surface area (Å²) in [5.74, 6) is -1.94. The highest BCUT2D eigenvalue weighted by atomic mass is 35.5. The van der Waals surface area contributed by atoms with Crippen LogP contribution in [-0.2, 0) is 16.8 Å². The highest BCUT2D eigenvalue weighted by Gasteiger charge is 2.55. The second-order valence-electron chi connectivity index (χ2n) is 9.51. The van der Waals surface area contributed by atoms with Crippen LogP contribution in [0.1, 0.15) is 37.5 Å². The normalized spacial score (nSPS) is 17.7. The van der Waals surface area contributed by atoms with E-state index < -0.39 is 34.8 Å². The van der Waals surface area contributed by atoms with Crippen molar-refractivity contribution < 1.29 is 23.0 Å². The van der Waals surface area contributed by atoms with Crippen LogP contribution in [0.15, 0.2) is 54.6 Å². The summed E-state index contributed by atoms with van der Waals surface area (Å²) in [7, 11) is 0. The Labute approximate surface area is 207 Å². The fraction of sp³-hybridized carbons (Fsp3) is 0.259. The standard InChI is InChI=1S/C27H23ClF2N2O3/c1-26(2,3)24(34-25(32)33)27(16-7-5-4-6-8-16)13-17-20(35-27)12-10-18(28)22(17)21-15(14-31)9-11-19(29)23(21)30/h4-12,24H,13H2,1-3H3,(H2,32,33)/t24-,27-/m0/s1. The Morgan fingerprint density at radius 3 is 2.43 bits per heavy atom. The van der Waals surface area contributed by atoms with Gasteiger partial charge in [-0.15, -0.1) is 0 Å². The fourth-order valence-electron chi connectivity index (χ4n) is 4.79. The van der Waals surface area contributed by atoms with E-state index in [1.807, 2.05) is 57.2 Å². The van der Waals surface area contributed by atoms with Gasteiger partial charge in [-0.05, 0) is 29.8 Å². The topological polar surface area (TPSA) is 85.3 Å². The molecule has 35 heavy (non-hydrogen) atoms. The molecule has 0 aliphatic carbocycles. The van der Waals surface area contributed by atoms with Crippen molar-refractivity contribution in [3.05, 3.63) is 87.9 Å². The second kappa shape index (κ2) is 8.86. The second-order valence-corrected chi connectivity index (χ2v) is 9.92. The maximum absolute atomic E-state index is 15.1. The van der Waals surface area contributed by atoms with Crippen LogP contribution in [0, 0.1) is 28.4 Å². The Bertz CT molecular complexity index is 1350. The first-order chi connectivity index (χ1) is 16.5. The van der Waals surface area contributed by atoms with Gasteiger partial charge in [0.05, 0.1) is 11.6 Å². The highest BCUT2D eigenvalue weighted by Crippen LogP contribution is 2.53. The van der Waals surface area contributed by atoms with Crippen molar-refractivity contribution in [2.24, 2.45) is 11.1 Å². The summed E-state index contributed by atoms with van der Waals surface area (Å²) >= 11 is 6.53. The molecular weight excluding hydrogens is 474 g/mol. The van der Waals surface area contributed by atoms with E-state index in [1.54, 1.807) is 6.07 Å². The predicted octanol–water partition coefficient (Wildman–Crippen LogP) is 6.50. The molecule has 5 nitrogen and oxygen atoms in total. The molecule has 1 amide bonds. The molecular formula is C27H23ClF2N2O3. The third-order valence-corrected chi connectivity index (χ3v) is 6.44. The van der Waals surface area contributed by atoms with E-state index in [1.165, 1.54) is 12.1 Å². The Morgan fingerprint density at radius 1 is 1.14 bits per heavy atom. The minimum atomic E-state index is -1.26. The van der Waals surface area contributed by atoms with E-state index >= 15 is 4.39 Å². The van der Waals surface area contributed by atoms with Gasteiger partial charge in [-0.2, -0.15) is 5.26 Å². The van der Waals surface area contributed by atoms with Gasteiger partial charge < -0.3 is 15.2 Å². The summed E-state index contributed by atoms with van der Waals surface area (Å²) in [5.41, 5.74) is 4.55. The van der Waals surface area contributed by atoms with Crippen molar-refractivity contribution in [1.29, 1.82) is 5.26 Å². The lowest BCUT2D eigenvalue weighted by Crippen LogP contribution is -2.53. The van der Waals surface area contributed by atoms with Crippen molar-refractivity contribution in [2.75, 3.05) is 0 Å². The molecule has 0 aromatic heterocycles.